The molecule has 0 spiro atoms. The van der Waals surface area contributed by atoms with Crippen LogP contribution in [-0.4, -0.2) is 53.7 Å². The lowest BCUT2D eigenvalue weighted by Crippen LogP contribution is -2.39. The first-order valence-electron chi connectivity index (χ1n) is 6.12. The molecule has 0 aromatic carbocycles. The van der Waals surface area contributed by atoms with E-state index in [9.17, 15) is 0 Å². The van der Waals surface area contributed by atoms with Crippen LogP contribution in [0.25, 0.3) is 0 Å². The van der Waals surface area contributed by atoms with E-state index in [1.807, 2.05) is 7.05 Å². The average molecular weight is 231 g/mol. The predicted octanol–water partition coefficient (Wildman–Crippen LogP) is 1.06. The number of ether oxygens (including phenoxy) is 3. The van der Waals surface area contributed by atoms with Crippen molar-refractivity contribution < 1.29 is 14.2 Å². The molecule has 0 saturated carbocycles. The molecule has 0 radical (unpaired) electrons. The average Bonchev–Trinajstić information content (AvgIpc) is 2.30. The lowest BCUT2D eigenvalue weighted by molar-refractivity contribution is -0.0104. The summed E-state index contributed by atoms with van der Waals surface area (Å²) in [5.74, 6) is 0. The number of nitrogens with one attached hydrogen (secondary N) is 1. The molecular weight excluding hydrogens is 206 g/mol. The summed E-state index contributed by atoms with van der Waals surface area (Å²) < 4.78 is 15.9. The van der Waals surface area contributed by atoms with Gasteiger partial charge < -0.3 is 19.5 Å². The third kappa shape index (κ3) is 4.78. The number of rotatable bonds is 8. The molecule has 96 valence electrons. The Hall–Kier alpha value is -0.160. The van der Waals surface area contributed by atoms with E-state index in [2.05, 4.69) is 5.32 Å². The van der Waals surface area contributed by atoms with Crippen molar-refractivity contribution in [2.75, 3.05) is 53.7 Å². The minimum Gasteiger partial charge on any atom is -0.382 e. The molecule has 0 aromatic heterocycles. The van der Waals surface area contributed by atoms with Crippen molar-refractivity contribution >= 4 is 0 Å². The van der Waals surface area contributed by atoms with Crippen LogP contribution in [0.2, 0.25) is 0 Å². The Morgan fingerprint density at radius 3 is 2.56 bits per heavy atom. The molecule has 1 aliphatic heterocycles. The smallest absolute Gasteiger partial charge is 0.0700 e. The Morgan fingerprint density at radius 1 is 1.19 bits per heavy atom. The van der Waals surface area contributed by atoms with Gasteiger partial charge in [0.1, 0.15) is 0 Å². The zero-order chi connectivity index (χ0) is 11.7. The van der Waals surface area contributed by atoms with Gasteiger partial charge in [-0.05, 0) is 31.7 Å². The van der Waals surface area contributed by atoms with Crippen LogP contribution >= 0.6 is 0 Å². The van der Waals surface area contributed by atoms with Crippen molar-refractivity contribution in [3.05, 3.63) is 0 Å². The second-order valence-corrected chi connectivity index (χ2v) is 4.50. The van der Waals surface area contributed by atoms with Gasteiger partial charge in [-0.2, -0.15) is 0 Å². The monoisotopic (exact) mass is 231 g/mol. The van der Waals surface area contributed by atoms with E-state index in [1.165, 1.54) is 0 Å². The van der Waals surface area contributed by atoms with Gasteiger partial charge in [0.05, 0.1) is 13.2 Å². The molecule has 16 heavy (non-hydrogen) atoms. The third-order valence-electron chi connectivity index (χ3n) is 3.31. The summed E-state index contributed by atoms with van der Waals surface area (Å²) in [5, 5.41) is 3.29. The van der Waals surface area contributed by atoms with Gasteiger partial charge in [-0.3, -0.25) is 0 Å². The van der Waals surface area contributed by atoms with Gasteiger partial charge in [0.2, 0.25) is 0 Å². The molecule has 0 aliphatic carbocycles. The fourth-order valence-corrected chi connectivity index (χ4v) is 2.23. The Morgan fingerprint density at radius 2 is 1.94 bits per heavy atom. The Labute approximate surface area is 98.6 Å². The molecule has 1 aliphatic rings. The largest absolute Gasteiger partial charge is 0.382 e. The maximum absolute atomic E-state index is 5.55. The summed E-state index contributed by atoms with van der Waals surface area (Å²) in [6.07, 6.45) is 3.39. The van der Waals surface area contributed by atoms with Crippen LogP contribution in [0.4, 0.5) is 0 Å². The van der Waals surface area contributed by atoms with Crippen LogP contribution in [0.3, 0.4) is 0 Å². The van der Waals surface area contributed by atoms with Crippen molar-refractivity contribution in [2.45, 2.75) is 19.3 Å². The van der Waals surface area contributed by atoms with Gasteiger partial charge in [-0.25, -0.2) is 0 Å². The van der Waals surface area contributed by atoms with Crippen LogP contribution < -0.4 is 5.32 Å². The van der Waals surface area contributed by atoms with Crippen LogP contribution in [-0.2, 0) is 14.2 Å². The fourth-order valence-electron chi connectivity index (χ4n) is 2.23. The number of hydrogen-bond donors (Lipinski definition) is 1. The Bertz CT molecular complexity index is 164. The topological polar surface area (TPSA) is 39.7 Å². The molecule has 4 nitrogen and oxygen atoms in total. The van der Waals surface area contributed by atoms with Crippen molar-refractivity contribution in [3.63, 3.8) is 0 Å². The highest BCUT2D eigenvalue weighted by Gasteiger charge is 2.31. The Balaban J connectivity index is 2.21. The van der Waals surface area contributed by atoms with Crippen molar-refractivity contribution in [2.24, 2.45) is 5.41 Å². The second kappa shape index (κ2) is 8.01. The predicted molar refractivity (Wildman–Crippen MR) is 63.7 cm³/mol. The van der Waals surface area contributed by atoms with Crippen LogP contribution in [0.5, 0.6) is 0 Å². The first-order valence-corrected chi connectivity index (χ1v) is 6.12. The van der Waals surface area contributed by atoms with Crippen LogP contribution in [0, 0.1) is 5.41 Å². The molecule has 0 unspecified atom stereocenters. The normalized spacial score (nSPS) is 19.9. The summed E-state index contributed by atoms with van der Waals surface area (Å²) in [7, 11) is 3.72. The number of hydrogen-bond acceptors (Lipinski definition) is 4. The van der Waals surface area contributed by atoms with E-state index in [1.54, 1.807) is 7.11 Å². The van der Waals surface area contributed by atoms with Gasteiger partial charge in [-0.1, -0.05) is 0 Å². The highest BCUT2D eigenvalue weighted by Crippen LogP contribution is 2.33. The summed E-state index contributed by atoms with van der Waals surface area (Å²) in [5.41, 5.74) is 0.375. The van der Waals surface area contributed by atoms with E-state index in [4.69, 9.17) is 14.2 Å². The standard InChI is InChI=1S/C12H25NO3/c1-13-11-12(3-6-15-7-4-12)5-8-16-10-9-14-2/h13H,3-11H2,1-2H3. The number of methoxy groups -OCH3 is 1. The molecule has 0 aromatic rings. The zero-order valence-electron chi connectivity index (χ0n) is 10.6. The van der Waals surface area contributed by atoms with E-state index >= 15 is 0 Å². The van der Waals surface area contributed by atoms with Gasteiger partial charge in [0, 0.05) is 33.5 Å². The molecule has 0 atom stereocenters. The lowest BCUT2D eigenvalue weighted by Gasteiger charge is -2.37. The second-order valence-electron chi connectivity index (χ2n) is 4.50. The lowest BCUT2D eigenvalue weighted by atomic mass is 9.77. The first-order chi connectivity index (χ1) is 7.83. The Kier molecular flexibility index (Phi) is 6.96. The zero-order valence-corrected chi connectivity index (χ0v) is 10.6. The van der Waals surface area contributed by atoms with Gasteiger partial charge in [0.25, 0.3) is 0 Å². The molecule has 1 fully saturated rings. The van der Waals surface area contributed by atoms with Gasteiger partial charge >= 0.3 is 0 Å². The maximum atomic E-state index is 5.55. The van der Waals surface area contributed by atoms with E-state index in [0.29, 0.717) is 18.6 Å². The van der Waals surface area contributed by atoms with Crippen LogP contribution in [0.15, 0.2) is 0 Å². The molecule has 1 saturated heterocycles. The molecule has 1 rings (SSSR count). The van der Waals surface area contributed by atoms with Crippen LogP contribution in [0.1, 0.15) is 19.3 Å². The molecule has 0 bridgehead atoms. The third-order valence-corrected chi connectivity index (χ3v) is 3.31. The van der Waals surface area contributed by atoms with E-state index < -0.39 is 0 Å². The highest BCUT2D eigenvalue weighted by molar-refractivity contribution is 4.83. The van der Waals surface area contributed by atoms with Gasteiger partial charge in [-0.15, -0.1) is 0 Å². The van der Waals surface area contributed by atoms with E-state index in [0.717, 1.165) is 45.6 Å². The molecule has 1 N–H and O–H groups in total. The van der Waals surface area contributed by atoms with Crippen molar-refractivity contribution in [1.82, 2.24) is 5.32 Å². The van der Waals surface area contributed by atoms with Crippen molar-refractivity contribution in [3.8, 4) is 0 Å². The van der Waals surface area contributed by atoms with E-state index in [-0.39, 0.29) is 0 Å². The summed E-state index contributed by atoms with van der Waals surface area (Å²) in [4.78, 5) is 0. The van der Waals surface area contributed by atoms with Crippen molar-refractivity contribution in [1.29, 1.82) is 0 Å². The molecule has 1 heterocycles. The minimum absolute atomic E-state index is 0.375. The highest BCUT2D eigenvalue weighted by atomic mass is 16.5. The summed E-state index contributed by atoms with van der Waals surface area (Å²) in [6, 6.07) is 0. The molecular formula is C12H25NO3. The quantitative estimate of drug-likeness (QED) is 0.634. The maximum Gasteiger partial charge on any atom is 0.0700 e. The SMILES string of the molecule is CNCC1(CCOCCOC)CCOCC1. The molecule has 0 amide bonds. The summed E-state index contributed by atoms with van der Waals surface area (Å²) >= 11 is 0. The fraction of sp³-hybridized carbons (Fsp3) is 1.00. The molecule has 4 heteroatoms. The van der Waals surface area contributed by atoms with Gasteiger partial charge in [0.15, 0.2) is 0 Å². The first kappa shape index (κ1) is 13.9. The summed E-state index contributed by atoms with van der Waals surface area (Å²) in [6.45, 7) is 5.04. The minimum atomic E-state index is 0.375.